The van der Waals surface area contributed by atoms with Gasteiger partial charge in [-0.3, -0.25) is 15.5 Å². The summed E-state index contributed by atoms with van der Waals surface area (Å²) in [5, 5.41) is 13.7. The Morgan fingerprint density at radius 1 is 1.17 bits per heavy atom. The van der Waals surface area contributed by atoms with Crippen LogP contribution in [0.15, 0.2) is 53.0 Å². The molecular formula is C24H37N7O3S. The van der Waals surface area contributed by atoms with Crippen molar-refractivity contribution < 1.29 is 14.3 Å². The summed E-state index contributed by atoms with van der Waals surface area (Å²) in [6, 6.07) is 7.08. The zero-order valence-corrected chi connectivity index (χ0v) is 21.6. The fourth-order valence-electron chi connectivity index (χ4n) is 2.97. The topological polar surface area (TPSA) is 156 Å². The molecule has 1 heterocycles. The van der Waals surface area contributed by atoms with E-state index in [0.717, 1.165) is 42.0 Å². The van der Waals surface area contributed by atoms with Crippen molar-refractivity contribution in [2.24, 2.45) is 16.6 Å². The minimum atomic E-state index is -0.567. The maximum Gasteiger partial charge on any atom is 0.412 e. The molecule has 1 atom stereocenters. The number of amides is 2. The zero-order chi connectivity index (χ0) is 25.8. The fraction of sp³-hybridized carbons (Fsp3) is 0.458. The van der Waals surface area contributed by atoms with Crippen LogP contribution in [0.4, 0.5) is 10.5 Å². The van der Waals surface area contributed by atoms with Crippen LogP contribution in [0.1, 0.15) is 52.0 Å². The molecule has 2 rings (SSSR count). The quantitative estimate of drug-likeness (QED) is 0.199. The SMILES string of the molecule is CN/C(N)=C/C=C(\N)CCCCC1=NNC(NC(=O)Cc2ccc(NC(=O)OC(C)(C)C)cc2)S1. The van der Waals surface area contributed by atoms with E-state index in [1.165, 1.54) is 11.8 Å². The molecule has 1 aromatic carbocycles. The smallest absolute Gasteiger partial charge is 0.412 e. The van der Waals surface area contributed by atoms with Crippen molar-refractivity contribution >= 4 is 34.5 Å². The molecule has 11 heteroatoms. The standard InChI is InChI=1S/C24H37N7O3S/c1-24(2,3)34-23(33)28-18-12-9-16(10-13-18)15-20(32)29-22-31-30-21(35-22)8-6-5-7-17(25)11-14-19(26)27-4/h9-14,22,27,31H,5-8,15,25-26H2,1-4H3,(H,28,33)(H,29,32)/b17-11-,19-14+. The lowest BCUT2D eigenvalue weighted by atomic mass is 10.1. The number of benzene rings is 1. The van der Waals surface area contributed by atoms with Crippen LogP contribution in [0.3, 0.4) is 0 Å². The lowest BCUT2D eigenvalue weighted by Crippen LogP contribution is -2.39. The molecule has 0 spiro atoms. The molecule has 8 N–H and O–H groups in total. The Balaban J connectivity index is 1.66. The van der Waals surface area contributed by atoms with E-state index in [1.54, 1.807) is 58.2 Å². The van der Waals surface area contributed by atoms with E-state index >= 15 is 0 Å². The van der Waals surface area contributed by atoms with Gasteiger partial charge in [0.15, 0.2) is 5.50 Å². The molecule has 0 bridgehead atoms. The van der Waals surface area contributed by atoms with Gasteiger partial charge < -0.3 is 26.8 Å². The third kappa shape index (κ3) is 11.6. The first kappa shape index (κ1) is 27.9. The molecule has 35 heavy (non-hydrogen) atoms. The molecule has 0 saturated carbocycles. The Morgan fingerprint density at radius 2 is 1.89 bits per heavy atom. The number of carbonyl (C=O) groups excluding carboxylic acids is 2. The van der Waals surface area contributed by atoms with Gasteiger partial charge in [0.25, 0.3) is 0 Å². The highest BCUT2D eigenvalue weighted by Gasteiger charge is 2.21. The van der Waals surface area contributed by atoms with Gasteiger partial charge >= 0.3 is 6.09 Å². The van der Waals surface area contributed by atoms with Gasteiger partial charge in [0.2, 0.25) is 5.91 Å². The molecule has 1 aromatic rings. The molecule has 10 nitrogen and oxygen atoms in total. The number of thioether (sulfide) groups is 1. The van der Waals surface area contributed by atoms with Crippen LogP contribution in [0.2, 0.25) is 0 Å². The summed E-state index contributed by atoms with van der Waals surface area (Å²) in [4.78, 5) is 24.3. The Morgan fingerprint density at radius 3 is 2.54 bits per heavy atom. The Kier molecular flexibility index (Phi) is 10.8. The van der Waals surface area contributed by atoms with Crippen LogP contribution in [-0.2, 0) is 16.0 Å². The van der Waals surface area contributed by atoms with E-state index in [-0.39, 0.29) is 17.8 Å². The van der Waals surface area contributed by atoms with Gasteiger partial charge in [-0.2, -0.15) is 5.10 Å². The van der Waals surface area contributed by atoms with Crippen LogP contribution in [0, 0.1) is 0 Å². The third-order valence-electron chi connectivity index (χ3n) is 4.69. The second-order valence-corrected chi connectivity index (χ2v) is 10.2. The van der Waals surface area contributed by atoms with Crippen LogP contribution in [-0.4, -0.2) is 35.2 Å². The van der Waals surface area contributed by atoms with Crippen LogP contribution in [0.5, 0.6) is 0 Å². The number of rotatable bonds is 11. The van der Waals surface area contributed by atoms with E-state index in [9.17, 15) is 9.59 Å². The maximum atomic E-state index is 12.4. The first-order chi connectivity index (χ1) is 16.5. The number of allylic oxidation sites excluding steroid dienone is 3. The highest BCUT2D eigenvalue weighted by Crippen LogP contribution is 2.20. The monoisotopic (exact) mass is 503 g/mol. The van der Waals surface area contributed by atoms with E-state index in [0.29, 0.717) is 11.5 Å². The molecule has 2 amide bonds. The molecule has 1 aliphatic heterocycles. The zero-order valence-electron chi connectivity index (χ0n) is 20.8. The molecule has 0 fully saturated rings. The molecular weight excluding hydrogens is 466 g/mol. The van der Waals surface area contributed by atoms with Crippen LogP contribution >= 0.6 is 11.8 Å². The maximum absolute atomic E-state index is 12.4. The first-order valence-electron chi connectivity index (χ1n) is 11.5. The number of carbonyl (C=O) groups is 2. The summed E-state index contributed by atoms with van der Waals surface area (Å²) in [7, 11) is 1.75. The molecule has 0 aliphatic carbocycles. The minimum absolute atomic E-state index is 0.119. The average molecular weight is 504 g/mol. The summed E-state index contributed by atoms with van der Waals surface area (Å²) in [6.45, 7) is 5.41. The average Bonchev–Trinajstić information content (AvgIpc) is 3.22. The Bertz CT molecular complexity index is 953. The van der Waals surface area contributed by atoms with Gasteiger partial charge in [-0.15, -0.1) is 0 Å². The fourth-order valence-corrected chi connectivity index (χ4v) is 3.91. The number of nitrogens with one attached hydrogen (secondary N) is 4. The van der Waals surface area contributed by atoms with Crippen LogP contribution in [0.25, 0.3) is 0 Å². The largest absolute Gasteiger partial charge is 0.444 e. The van der Waals surface area contributed by atoms with E-state index in [1.807, 2.05) is 6.08 Å². The molecule has 1 unspecified atom stereocenters. The number of ether oxygens (including phenoxy) is 1. The molecule has 192 valence electrons. The van der Waals surface area contributed by atoms with Crippen molar-refractivity contribution in [1.29, 1.82) is 0 Å². The molecule has 0 saturated heterocycles. The van der Waals surface area contributed by atoms with Crippen LogP contribution < -0.4 is 32.8 Å². The number of nitrogens with two attached hydrogens (primary N) is 2. The predicted octanol–water partition coefficient (Wildman–Crippen LogP) is 3.05. The lowest BCUT2D eigenvalue weighted by molar-refractivity contribution is -0.120. The van der Waals surface area contributed by atoms with Crippen molar-refractivity contribution in [1.82, 2.24) is 16.1 Å². The second kappa shape index (κ2) is 13.5. The van der Waals surface area contributed by atoms with E-state index in [4.69, 9.17) is 16.2 Å². The minimum Gasteiger partial charge on any atom is -0.444 e. The lowest BCUT2D eigenvalue weighted by Gasteiger charge is -2.19. The highest BCUT2D eigenvalue weighted by molar-refractivity contribution is 8.14. The number of hydrazone groups is 1. The normalized spacial score (nSPS) is 16.2. The second-order valence-electron chi connectivity index (χ2n) is 9.02. The summed E-state index contributed by atoms with van der Waals surface area (Å²) in [6.07, 6.45) is 6.74. The Labute approximate surface area is 211 Å². The Hall–Kier alpha value is -3.34. The van der Waals surface area contributed by atoms with Gasteiger partial charge in [-0.05, 0) is 76.3 Å². The number of nitrogens with zero attached hydrogens (tertiary/aromatic N) is 1. The van der Waals surface area contributed by atoms with Crippen molar-refractivity contribution in [3.63, 3.8) is 0 Å². The summed E-state index contributed by atoms with van der Waals surface area (Å²) >= 11 is 1.50. The molecule has 0 radical (unpaired) electrons. The van der Waals surface area contributed by atoms with Gasteiger partial charge in [0, 0.05) is 18.4 Å². The number of unbranched alkanes of at least 4 members (excludes halogenated alkanes) is 1. The molecule has 0 aromatic heterocycles. The molecule has 1 aliphatic rings. The van der Waals surface area contributed by atoms with Crippen molar-refractivity contribution in [2.75, 3.05) is 12.4 Å². The number of anilines is 1. The third-order valence-corrected chi connectivity index (χ3v) is 5.71. The first-order valence-corrected chi connectivity index (χ1v) is 12.4. The highest BCUT2D eigenvalue weighted by atomic mass is 32.2. The number of hydrogen-bond donors (Lipinski definition) is 6. The van der Waals surface area contributed by atoms with Crippen molar-refractivity contribution in [3.8, 4) is 0 Å². The van der Waals surface area contributed by atoms with Gasteiger partial charge in [0.1, 0.15) is 5.60 Å². The summed E-state index contributed by atoms with van der Waals surface area (Å²) in [5.74, 6) is 0.446. The van der Waals surface area contributed by atoms with E-state index < -0.39 is 11.7 Å². The predicted molar refractivity (Wildman–Crippen MR) is 142 cm³/mol. The van der Waals surface area contributed by atoms with Gasteiger partial charge in [-0.1, -0.05) is 23.9 Å². The van der Waals surface area contributed by atoms with Crippen molar-refractivity contribution in [3.05, 3.63) is 53.5 Å². The van der Waals surface area contributed by atoms with E-state index in [2.05, 4.69) is 26.5 Å². The van der Waals surface area contributed by atoms with Gasteiger partial charge in [0.05, 0.1) is 17.3 Å². The number of hydrogen-bond acceptors (Lipinski definition) is 9. The summed E-state index contributed by atoms with van der Waals surface area (Å²) < 4.78 is 5.23. The summed E-state index contributed by atoms with van der Waals surface area (Å²) in [5.41, 5.74) is 16.0. The van der Waals surface area contributed by atoms with Crippen molar-refractivity contribution in [2.45, 2.75) is 64.0 Å². The van der Waals surface area contributed by atoms with Gasteiger partial charge in [-0.25, -0.2) is 4.79 Å².